The third kappa shape index (κ3) is 4.65. The molecule has 1 amide bonds. The predicted octanol–water partition coefficient (Wildman–Crippen LogP) is 3.63. The second-order valence-corrected chi connectivity index (χ2v) is 6.70. The number of aromatic nitrogens is 2. The van der Waals surface area contributed by atoms with E-state index >= 15 is 0 Å². The number of carbonyl (C=O) groups is 1. The highest BCUT2D eigenvalue weighted by Gasteiger charge is 2.16. The van der Waals surface area contributed by atoms with Crippen LogP contribution in [0.4, 0.5) is 0 Å². The number of carbonyl (C=O) groups excluding carboxylic acids is 1. The van der Waals surface area contributed by atoms with Crippen LogP contribution in [0.5, 0.6) is 11.5 Å². The molecule has 2 aromatic heterocycles. The Morgan fingerprint density at radius 3 is 2.85 bits per heavy atom. The van der Waals surface area contributed by atoms with Crippen molar-refractivity contribution in [3.63, 3.8) is 0 Å². The molecule has 27 heavy (non-hydrogen) atoms. The molecule has 7 nitrogen and oxygen atoms in total. The van der Waals surface area contributed by atoms with Gasteiger partial charge in [-0.1, -0.05) is 5.16 Å². The average Bonchev–Trinajstić information content (AvgIpc) is 3.37. The van der Waals surface area contributed by atoms with Crippen molar-refractivity contribution in [1.82, 2.24) is 15.5 Å². The lowest BCUT2D eigenvalue weighted by molar-refractivity contribution is -0.121. The molecule has 0 spiro atoms. The molecule has 0 fully saturated rings. The van der Waals surface area contributed by atoms with Crippen molar-refractivity contribution >= 4 is 17.2 Å². The zero-order chi connectivity index (χ0) is 19.2. The monoisotopic (exact) mass is 387 g/mol. The zero-order valence-electron chi connectivity index (χ0n) is 15.4. The molecule has 8 heteroatoms. The largest absolute Gasteiger partial charge is 0.497 e. The SMILES string of the molecule is COc1ccc(C(C)NC(=O)CCc2nc(-c3ccsc3)no2)c(OC)c1. The molecule has 0 saturated heterocycles. The van der Waals surface area contributed by atoms with Gasteiger partial charge in [-0.05, 0) is 30.5 Å². The number of hydrogen-bond donors (Lipinski definition) is 1. The molecule has 0 aliphatic rings. The van der Waals surface area contributed by atoms with Crippen LogP contribution in [0.3, 0.4) is 0 Å². The summed E-state index contributed by atoms with van der Waals surface area (Å²) in [6.07, 6.45) is 0.642. The van der Waals surface area contributed by atoms with Gasteiger partial charge >= 0.3 is 0 Å². The van der Waals surface area contributed by atoms with Gasteiger partial charge in [0.15, 0.2) is 0 Å². The van der Waals surface area contributed by atoms with E-state index in [1.807, 2.05) is 35.9 Å². The van der Waals surface area contributed by atoms with E-state index in [9.17, 15) is 4.79 Å². The molecule has 1 unspecified atom stereocenters. The number of methoxy groups -OCH3 is 2. The van der Waals surface area contributed by atoms with Gasteiger partial charge < -0.3 is 19.3 Å². The number of benzene rings is 1. The fourth-order valence-electron chi connectivity index (χ4n) is 2.65. The predicted molar refractivity (Wildman–Crippen MR) is 102 cm³/mol. The van der Waals surface area contributed by atoms with Gasteiger partial charge in [0.25, 0.3) is 0 Å². The van der Waals surface area contributed by atoms with Gasteiger partial charge in [-0.3, -0.25) is 4.79 Å². The van der Waals surface area contributed by atoms with Crippen LogP contribution in [-0.2, 0) is 11.2 Å². The average molecular weight is 387 g/mol. The molecule has 2 heterocycles. The standard InChI is InChI=1S/C19H21N3O4S/c1-12(15-5-4-14(24-2)10-16(15)25-3)20-17(23)6-7-18-21-19(22-26-18)13-8-9-27-11-13/h4-5,8-12H,6-7H2,1-3H3,(H,20,23). The molecule has 0 saturated carbocycles. The number of ether oxygens (including phenoxy) is 2. The number of nitrogens with one attached hydrogen (secondary N) is 1. The van der Waals surface area contributed by atoms with Crippen molar-refractivity contribution in [2.75, 3.05) is 14.2 Å². The van der Waals surface area contributed by atoms with Gasteiger partial charge in [-0.25, -0.2) is 0 Å². The van der Waals surface area contributed by atoms with Crippen LogP contribution in [0.2, 0.25) is 0 Å². The fraction of sp³-hybridized carbons (Fsp3) is 0.316. The van der Waals surface area contributed by atoms with Crippen molar-refractivity contribution in [2.45, 2.75) is 25.8 Å². The Kier molecular flexibility index (Phi) is 6.08. The van der Waals surface area contributed by atoms with Crippen molar-refractivity contribution in [3.05, 3.63) is 46.5 Å². The minimum Gasteiger partial charge on any atom is -0.497 e. The quantitative estimate of drug-likeness (QED) is 0.635. The number of hydrogen-bond acceptors (Lipinski definition) is 7. The summed E-state index contributed by atoms with van der Waals surface area (Å²) in [5.74, 6) is 2.26. The van der Waals surface area contributed by atoms with E-state index < -0.39 is 0 Å². The van der Waals surface area contributed by atoms with E-state index in [0.29, 0.717) is 29.6 Å². The summed E-state index contributed by atoms with van der Waals surface area (Å²) >= 11 is 1.57. The number of thiophene rings is 1. The minimum atomic E-state index is -0.206. The summed E-state index contributed by atoms with van der Waals surface area (Å²) in [5, 5.41) is 10.8. The second kappa shape index (κ2) is 8.68. The van der Waals surface area contributed by atoms with E-state index in [4.69, 9.17) is 14.0 Å². The highest BCUT2D eigenvalue weighted by Crippen LogP contribution is 2.29. The van der Waals surface area contributed by atoms with Crippen LogP contribution < -0.4 is 14.8 Å². The zero-order valence-corrected chi connectivity index (χ0v) is 16.2. The van der Waals surface area contributed by atoms with Gasteiger partial charge in [0, 0.05) is 35.4 Å². The highest BCUT2D eigenvalue weighted by molar-refractivity contribution is 7.08. The van der Waals surface area contributed by atoms with E-state index in [2.05, 4.69) is 15.5 Å². The van der Waals surface area contributed by atoms with Crippen LogP contribution in [0.15, 0.2) is 39.5 Å². The Labute approximate surface area is 161 Å². The van der Waals surface area contributed by atoms with Crippen molar-refractivity contribution in [3.8, 4) is 22.9 Å². The Bertz CT molecular complexity index is 892. The number of aryl methyl sites for hydroxylation is 1. The van der Waals surface area contributed by atoms with Crippen LogP contribution in [0.25, 0.3) is 11.4 Å². The number of rotatable bonds is 8. The molecular weight excluding hydrogens is 366 g/mol. The molecule has 3 rings (SSSR count). The molecule has 0 aliphatic heterocycles. The van der Waals surface area contributed by atoms with Gasteiger partial charge in [0.05, 0.1) is 20.3 Å². The van der Waals surface area contributed by atoms with Crippen molar-refractivity contribution in [1.29, 1.82) is 0 Å². The number of amides is 1. The summed E-state index contributed by atoms with van der Waals surface area (Å²) in [5.41, 5.74) is 1.80. The van der Waals surface area contributed by atoms with Gasteiger partial charge in [-0.15, -0.1) is 0 Å². The first kappa shape index (κ1) is 18.9. The fourth-order valence-corrected chi connectivity index (χ4v) is 3.29. The summed E-state index contributed by atoms with van der Waals surface area (Å²) < 4.78 is 15.8. The molecule has 1 aromatic carbocycles. The van der Waals surface area contributed by atoms with Crippen LogP contribution in [0, 0.1) is 0 Å². The van der Waals surface area contributed by atoms with Gasteiger partial charge in [0.2, 0.25) is 17.6 Å². The summed E-state index contributed by atoms with van der Waals surface area (Å²) in [7, 11) is 3.19. The summed E-state index contributed by atoms with van der Waals surface area (Å²) in [6.45, 7) is 1.91. The maximum Gasteiger partial charge on any atom is 0.227 e. The van der Waals surface area contributed by atoms with Crippen LogP contribution in [-0.4, -0.2) is 30.3 Å². The Morgan fingerprint density at radius 1 is 1.30 bits per heavy atom. The van der Waals surface area contributed by atoms with Gasteiger partial charge in [0.1, 0.15) is 11.5 Å². The lowest BCUT2D eigenvalue weighted by atomic mass is 10.1. The maximum atomic E-state index is 12.3. The van der Waals surface area contributed by atoms with Crippen LogP contribution in [0.1, 0.15) is 30.8 Å². The minimum absolute atomic E-state index is 0.101. The Hall–Kier alpha value is -2.87. The lowest BCUT2D eigenvalue weighted by Crippen LogP contribution is -2.27. The third-order valence-electron chi connectivity index (χ3n) is 4.10. The maximum absolute atomic E-state index is 12.3. The molecule has 0 bridgehead atoms. The molecule has 1 N–H and O–H groups in total. The van der Waals surface area contributed by atoms with E-state index in [-0.39, 0.29) is 18.4 Å². The summed E-state index contributed by atoms with van der Waals surface area (Å²) in [4.78, 5) is 16.6. The normalized spacial score (nSPS) is 11.8. The van der Waals surface area contributed by atoms with Crippen LogP contribution >= 0.6 is 11.3 Å². The smallest absolute Gasteiger partial charge is 0.227 e. The van der Waals surface area contributed by atoms with Crippen molar-refractivity contribution in [2.24, 2.45) is 0 Å². The molecule has 1 atom stereocenters. The molecule has 3 aromatic rings. The van der Waals surface area contributed by atoms with E-state index in [1.54, 1.807) is 31.6 Å². The third-order valence-corrected chi connectivity index (χ3v) is 4.78. The van der Waals surface area contributed by atoms with Crippen molar-refractivity contribution < 1.29 is 18.8 Å². The van der Waals surface area contributed by atoms with E-state index in [0.717, 1.165) is 11.1 Å². The number of nitrogens with zero attached hydrogens (tertiary/aromatic N) is 2. The Balaban J connectivity index is 1.56. The first-order valence-corrected chi connectivity index (χ1v) is 9.41. The van der Waals surface area contributed by atoms with E-state index in [1.165, 1.54) is 0 Å². The topological polar surface area (TPSA) is 86.5 Å². The molecule has 0 aliphatic carbocycles. The molecular formula is C19H21N3O4S. The Morgan fingerprint density at radius 2 is 2.15 bits per heavy atom. The highest BCUT2D eigenvalue weighted by atomic mass is 32.1. The second-order valence-electron chi connectivity index (χ2n) is 5.92. The first-order chi connectivity index (χ1) is 13.1. The first-order valence-electron chi connectivity index (χ1n) is 8.47. The summed E-state index contributed by atoms with van der Waals surface area (Å²) in [6, 6.07) is 7.24. The van der Waals surface area contributed by atoms with Gasteiger partial charge in [-0.2, -0.15) is 16.3 Å². The lowest BCUT2D eigenvalue weighted by Gasteiger charge is -2.18. The molecule has 0 radical (unpaired) electrons. The molecule has 142 valence electrons.